The molecule has 1 aliphatic heterocycles. The Labute approximate surface area is 199 Å². The van der Waals surface area contributed by atoms with Crippen molar-refractivity contribution in [3.05, 3.63) is 53.1 Å². The number of methoxy groups -OCH3 is 1. The Morgan fingerprint density at radius 2 is 1.82 bits per heavy atom. The number of fused-ring (bicyclic) bond motifs is 1. The normalized spacial score (nSPS) is 21.7. The fraction of sp³-hybridized carbons (Fsp3) is 0.423. The summed E-state index contributed by atoms with van der Waals surface area (Å²) in [6.07, 6.45) is 1.38. The minimum absolute atomic E-state index is 0.0947. The molecule has 0 saturated heterocycles. The Bertz CT molecular complexity index is 1160. The van der Waals surface area contributed by atoms with Gasteiger partial charge in [0.25, 0.3) is 5.91 Å². The molecule has 0 spiro atoms. The highest BCUT2D eigenvalue weighted by atomic mass is 16.6. The summed E-state index contributed by atoms with van der Waals surface area (Å²) in [5.41, 5.74) is -1.71. The molecule has 2 amide bonds. The van der Waals surface area contributed by atoms with E-state index in [2.05, 4.69) is 6.58 Å². The second kappa shape index (κ2) is 9.15. The van der Waals surface area contributed by atoms with Crippen LogP contribution in [0.5, 0.6) is 0 Å². The first-order chi connectivity index (χ1) is 16.0. The maximum absolute atomic E-state index is 14.3. The molecule has 0 bridgehead atoms. The Morgan fingerprint density at radius 1 is 1.18 bits per heavy atom. The molecule has 1 aromatic carbocycles. The molecule has 1 aromatic rings. The van der Waals surface area contributed by atoms with E-state index < -0.39 is 34.9 Å². The van der Waals surface area contributed by atoms with Gasteiger partial charge in [0.15, 0.2) is 0 Å². The highest BCUT2D eigenvalue weighted by Crippen LogP contribution is 2.56. The number of allylic oxidation sites excluding steroid dienone is 2. The number of hydrogen-bond donors (Lipinski definition) is 0. The molecule has 2 aliphatic rings. The lowest BCUT2D eigenvalue weighted by atomic mass is 9.59. The lowest BCUT2D eigenvalue weighted by Crippen LogP contribution is -2.52. The highest BCUT2D eigenvalue weighted by Gasteiger charge is 2.62. The molecule has 0 radical (unpaired) electrons. The van der Waals surface area contributed by atoms with Crippen LogP contribution < -0.4 is 4.90 Å². The zero-order valence-corrected chi connectivity index (χ0v) is 19.8. The molecule has 0 N–H and O–H groups in total. The predicted octanol–water partition coefficient (Wildman–Crippen LogP) is 4.47. The molecule has 3 rings (SSSR count). The molecule has 34 heavy (non-hydrogen) atoms. The SMILES string of the molecule is C=C(C(=O)OC)[C@]1([C@@H]2CCCCC2=C(C#N)C#N)C(=O)N(C(=O)OC(C)(C)C)c2ccccc21. The number of amides is 2. The third-order valence-corrected chi connectivity index (χ3v) is 6.27. The molecule has 0 unspecified atom stereocenters. The number of imide groups is 1. The zero-order valence-electron chi connectivity index (χ0n) is 19.8. The monoisotopic (exact) mass is 461 g/mol. The van der Waals surface area contributed by atoms with E-state index in [0.717, 1.165) is 11.3 Å². The van der Waals surface area contributed by atoms with Crippen molar-refractivity contribution in [1.29, 1.82) is 10.5 Å². The number of benzene rings is 1. The van der Waals surface area contributed by atoms with E-state index in [1.807, 2.05) is 12.1 Å². The van der Waals surface area contributed by atoms with Crippen molar-refractivity contribution in [2.24, 2.45) is 5.92 Å². The van der Waals surface area contributed by atoms with E-state index >= 15 is 0 Å². The summed E-state index contributed by atoms with van der Waals surface area (Å²) < 4.78 is 10.5. The van der Waals surface area contributed by atoms with Crippen molar-refractivity contribution >= 4 is 23.7 Å². The van der Waals surface area contributed by atoms with Gasteiger partial charge in [-0.3, -0.25) is 4.79 Å². The van der Waals surface area contributed by atoms with Crippen molar-refractivity contribution < 1.29 is 23.9 Å². The maximum atomic E-state index is 14.3. The summed E-state index contributed by atoms with van der Waals surface area (Å²) in [6.45, 7) is 9.02. The first-order valence-corrected chi connectivity index (χ1v) is 11.0. The molecule has 1 heterocycles. The van der Waals surface area contributed by atoms with Gasteiger partial charge in [0.2, 0.25) is 0 Å². The minimum Gasteiger partial charge on any atom is -0.466 e. The van der Waals surface area contributed by atoms with Gasteiger partial charge in [0.05, 0.1) is 18.4 Å². The van der Waals surface area contributed by atoms with Gasteiger partial charge in [-0.25, -0.2) is 14.5 Å². The topological polar surface area (TPSA) is 120 Å². The summed E-state index contributed by atoms with van der Waals surface area (Å²) in [4.78, 5) is 41.3. The average molecular weight is 462 g/mol. The fourth-order valence-corrected chi connectivity index (χ4v) is 4.97. The lowest BCUT2D eigenvalue weighted by Gasteiger charge is -2.40. The molecule has 176 valence electrons. The number of rotatable bonds is 3. The predicted molar refractivity (Wildman–Crippen MR) is 123 cm³/mol. The van der Waals surface area contributed by atoms with Gasteiger partial charge in [0.1, 0.15) is 28.7 Å². The zero-order chi connectivity index (χ0) is 25.3. The third kappa shape index (κ3) is 3.86. The van der Waals surface area contributed by atoms with Crippen LogP contribution in [0.1, 0.15) is 52.0 Å². The average Bonchev–Trinajstić information content (AvgIpc) is 3.07. The van der Waals surface area contributed by atoms with Gasteiger partial charge in [-0.15, -0.1) is 0 Å². The molecular formula is C26H27N3O5. The summed E-state index contributed by atoms with van der Waals surface area (Å²) in [5.74, 6) is -2.25. The molecule has 8 heteroatoms. The summed E-state index contributed by atoms with van der Waals surface area (Å²) in [5, 5.41) is 19.3. The van der Waals surface area contributed by atoms with Crippen LogP contribution in [0.15, 0.2) is 47.6 Å². The fourth-order valence-electron chi connectivity index (χ4n) is 4.97. The highest BCUT2D eigenvalue weighted by molar-refractivity contribution is 6.25. The van der Waals surface area contributed by atoms with Gasteiger partial charge in [0, 0.05) is 5.92 Å². The van der Waals surface area contributed by atoms with Crippen molar-refractivity contribution in [3.63, 3.8) is 0 Å². The number of para-hydroxylation sites is 1. The number of carbonyl (C=O) groups is 3. The number of anilines is 1. The Morgan fingerprint density at radius 3 is 2.41 bits per heavy atom. The molecule has 1 aliphatic carbocycles. The number of nitrogens with zero attached hydrogens (tertiary/aromatic N) is 3. The second-order valence-electron chi connectivity index (χ2n) is 9.34. The summed E-state index contributed by atoms with van der Waals surface area (Å²) in [6, 6.07) is 10.5. The molecule has 8 nitrogen and oxygen atoms in total. The number of nitriles is 2. The quantitative estimate of drug-likeness (QED) is 0.370. The molecule has 2 atom stereocenters. The molecular weight excluding hydrogens is 434 g/mol. The standard InChI is InChI=1S/C26H27N3O5/c1-16(22(30)33-5)26(19-11-7-6-10-18(19)17(14-27)15-28)20-12-8-9-13-21(20)29(23(26)31)24(32)34-25(2,3)4/h8-9,12-13,19H,1,6-7,10-11H2,2-5H3/t19-,26-/m1/s1. The molecule has 0 aromatic heterocycles. The van der Waals surface area contributed by atoms with E-state index in [9.17, 15) is 24.9 Å². The van der Waals surface area contributed by atoms with Crippen LogP contribution in [0.3, 0.4) is 0 Å². The van der Waals surface area contributed by atoms with E-state index in [1.54, 1.807) is 45.0 Å². The summed E-state index contributed by atoms with van der Waals surface area (Å²) in [7, 11) is 1.19. The van der Waals surface area contributed by atoms with Crippen molar-refractivity contribution in [2.45, 2.75) is 57.5 Å². The number of ether oxygens (including phenoxy) is 2. The van der Waals surface area contributed by atoms with E-state index in [0.29, 0.717) is 30.4 Å². The van der Waals surface area contributed by atoms with Gasteiger partial charge in [-0.1, -0.05) is 31.2 Å². The largest absolute Gasteiger partial charge is 0.466 e. The maximum Gasteiger partial charge on any atom is 0.421 e. The number of esters is 1. The van der Waals surface area contributed by atoms with Crippen LogP contribution >= 0.6 is 0 Å². The van der Waals surface area contributed by atoms with Crippen LogP contribution in [-0.2, 0) is 24.5 Å². The Hall–Kier alpha value is -3.91. The third-order valence-electron chi connectivity index (χ3n) is 6.27. The Kier molecular flexibility index (Phi) is 6.65. The van der Waals surface area contributed by atoms with Crippen LogP contribution in [0.4, 0.5) is 10.5 Å². The first-order valence-electron chi connectivity index (χ1n) is 11.0. The van der Waals surface area contributed by atoms with Crippen LogP contribution in [0.25, 0.3) is 0 Å². The van der Waals surface area contributed by atoms with E-state index in [-0.39, 0.29) is 16.8 Å². The Balaban J connectivity index is 2.36. The smallest absolute Gasteiger partial charge is 0.421 e. The van der Waals surface area contributed by atoms with E-state index in [1.165, 1.54) is 7.11 Å². The van der Waals surface area contributed by atoms with Gasteiger partial charge < -0.3 is 9.47 Å². The van der Waals surface area contributed by atoms with Crippen molar-refractivity contribution in [3.8, 4) is 12.1 Å². The van der Waals surface area contributed by atoms with Crippen LogP contribution in [0, 0.1) is 28.6 Å². The van der Waals surface area contributed by atoms with Crippen LogP contribution in [0.2, 0.25) is 0 Å². The molecule has 1 saturated carbocycles. The number of hydrogen-bond acceptors (Lipinski definition) is 7. The van der Waals surface area contributed by atoms with Gasteiger partial charge in [-0.05, 0) is 57.2 Å². The number of carbonyl (C=O) groups excluding carboxylic acids is 3. The van der Waals surface area contributed by atoms with Crippen LogP contribution in [-0.4, -0.2) is 30.7 Å². The van der Waals surface area contributed by atoms with Gasteiger partial charge >= 0.3 is 12.1 Å². The lowest BCUT2D eigenvalue weighted by molar-refractivity contribution is -0.139. The summed E-state index contributed by atoms with van der Waals surface area (Å²) >= 11 is 0. The minimum atomic E-state index is -1.73. The van der Waals surface area contributed by atoms with Crippen molar-refractivity contribution in [2.75, 3.05) is 12.0 Å². The van der Waals surface area contributed by atoms with E-state index in [4.69, 9.17) is 9.47 Å². The molecule has 1 fully saturated rings. The van der Waals surface area contributed by atoms with Crippen molar-refractivity contribution in [1.82, 2.24) is 0 Å². The first kappa shape index (κ1) is 24.7. The van der Waals surface area contributed by atoms with Gasteiger partial charge in [-0.2, -0.15) is 10.5 Å². The second-order valence-corrected chi connectivity index (χ2v) is 9.34.